The van der Waals surface area contributed by atoms with Gasteiger partial charge in [-0.25, -0.2) is 0 Å². The maximum atomic E-state index is 12.2. The lowest BCUT2D eigenvalue weighted by Crippen LogP contribution is -2.31. The van der Waals surface area contributed by atoms with Gasteiger partial charge in [-0.15, -0.1) is 12.4 Å². The summed E-state index contributed by atoms with van der Waals surface area (Å²) >= 11 is 0. The predicted molar refractivity (Wildman–Crippen MR) is 89.7 cm³/mol. The van der Waals surface area contributed by atoms with E-state index < -0.39 is 0 Å². The molecule has 1 fully saturated rings. The van der Waals surface area contributed by atoms with Gasteiger partial charge in [0.25, 0.3) is 0 Å². The summed E-state index contributed by atoms with van der Waals surface area (Å²) in [6.07, 6.45) is 4.23. The van der Waals surface area contributed by atoms with Gasteiger partial charge in [-0.3, -0.25) is 9.78 Å². The lowest BCUT2D eigenvalue weighted by atomic mass is 10.0. The van der Waals surface area contributed by atoms with Crippen LogP contribution < -0.4 is 11.1 Å². The molecule has 1 aromatic carbocycles. The van der Waals surface area contributed by atoms with Gasteiger partial charge in [0.05, 0.1) is 24.3 Å². The Hall–Kier alpha value is -2.07. The molecule has 1 saturated carbocycles. The highest BCUT2D eigenvalue weighted by molar-refractivity contribution is 5.85. The van der Waals surface area contributed by atoms with E-state index in [0.29, 0.717) is 11.6 Å². The second-order valence-electron chi connectivity index (χ2n) is 5.55. The molecule has 1 atom stereocenters. The van der Waals surface area contributed by atoms with E-state index >= 15 is 0 Å². The van der Waals surface area contributed by atoms with E-state index in [1.165, 1.54) is 18.4 Å². The van der Waals surface area contributed by atoms with Crippen LogP contribution in [0, 0.1) is 5.92 Å². The normalized spacial score (nSPS) is 14.7. The van der Waals surface area contributed by atoms with Crippen molar-refractivity contribution in [3.05, 3.63) is 59.9 Å². The highest BCUT2D eigenvalue weighted by atomic mass is 35.5. The Morgan fingerprint density at radius 3 is 2.55 bits per heavy atom. The molecule has 1 aliphatic rings. The number of rotatable bonds is 5. The van der Waals surface area contributed by atoms with E-state index in [9.17, 15) is 4.79 Å². The number of halogens is 1. The second-order valence-corrected chi connectivity index (χ2v) is 5.55. The van der Waals surface area contributed by atoms with E-state index in [0.717, 1.165) is 5.69 Å². The van der Waals surface area contributed by atoms with Crippen molar-refractivity contribution in [2.24, 2.45) is 5.92 Å². The first-order valence-electron chi connectivity index (χ1n) is 7.27. The quantitative estimate of drug-likeness (QED) is 0.891. The van der Waals surface area contributed by atoms with Crippen LogP contribution >= 0.6 is 12.4 Å². The third-order valence-corrected chi connectivity index (χ3v) is 3.76. The van der Waals surface area contributed by atoms with Crippen LogP contribution in [0.2, 0.25) is 0 Å². The maximum absolute atomic E-state index is 12.2. The molecule has 1 aromatic heterocycles. The van der Waals surface area contributed by atoms with Crippen molar-refractivity contribution in [2.45, 2.75) is 25.3 Å². The summed E-state index contributed by atoms with van der Waals surface area (Å²) in [6.45, 7) is 0. The summed E-state index contributed by atoms with van der Waals surface area (Å²) in [6, 6.07) is 13.8. The number of carbonyl (C=O) groups excluding carboxylic acids is 1. The van der Waals surface area contributed by atoms with Gasteiger partial charge in [0, 0.05) is 5.69 Å². The number of carbonyl (C=O) groups is 1. The molecule has 5 heteroatoms. The molecule has 0 bridgehead atoms. The third kappa shape index (κ3) is 4.21. The van der Waals surface area contributed by atoms with Crippen molar-refractivity contribution in [1.29, 1.82) is 0 Å². The molecule has 1 heterocycles. The monoisotopic (exact) mass is 317 g/mol. The molecule has 0 aliphatic heterocycles. The fourth-order valence-electron chi connectivity index (χ4n) is 2.49. The summed E-state index contributed by atoms with van der Waals surface area (Å²) in [5, 5.41) is 3.15. The Kier molecular flexibility index (Phi) is 5.39. The number of hydrogen-bond donors (Lipinski definition) is 2. The molecule has 1 unspecified atom stereocenters. The number of nitrogens with one attached hydrogen (secondary N) is 1. The van der Waals surface area contributed by atoms with E-state index in [2.05, 4.69) is 22.4 Å². The minimum absolute atomic E-state index is 0. The first kappa shape index (κ1) is 16.3. The molecule has 3 N–H and O–H groups in total. The first-order valence-corrected chi connectivity index (χ1v) is 7.27. The van der Waals surface area contributed by atoms with E-state index in [1.807, 2.05) is 18.2 Å². The van der Waals surface area contributed by atoms with Crippen molar-refractivity contribution < 1.29 is 4.79 Å². The van der Waals surface area contributed by atoms with Crippen LogP contribution in [0.15, 0.2) is 48.7 Å². The van der Waals surface area contributed by atoms with Gasteiger partial charge in [0.2, 0.25) is 5.91 Å². The minimum Gasteiger partial charge on any atom is -0.397 e. The lowest BCUT2D eigenvalue weighted by molar-refractivity contribution is -0.121. The average molecular weight is 318 g/mol. The van der Waals surface area contributed by atoms with E-state index in [-0.39, 0.29) is 30.8 Å². The molecule has 116 valence electrons. The van der Waals surface area contributed by atoms with Crippen molar-refractivity contribution in [1.82, 2.24) is 10.3 Å². The number of nitrogen functional groups attached to an aromatic ring is 1. The number of nitrogens with zero attached hydrogens (tertiary/aromatic N) is 1. The summed E-state index contributed by atoms with van der Waals surface area (Å²) < 4.78 is 0. The Labute approximate surface area is 136 Å². The zero-order valence-corrected chi connectivity index (χ0v) is 13.1. The highest BCUT2D eigenvalue weighted by Crippen LogP contribution is 2.40. The van der Waals surface area contributed by atoms with Crippen LogP contribution in [0.5, 0.6) is 0 Å². The number of amides is 1. The minimum atomic E-state index is 0. The zero-order chi connectivity index (χ0) is 14.7. The molecule has 4 nitrogen and oxygen atoms in total. The van der Waals surface area contributed by atoms with Crippen LogP contribution in [0.3, 0.4) is 0 Å². The Balaban J connectivity index is 0.00000176. The van der Waals surface area contributed by atoms with Crippen LogP contribution in [0.1, 0.15) is 30.1 Å². The second kappa shape index (κ2) is 7.27. The average Bonchev–Trinajstić information content (AvgIpc) is 3.33. The molecule has 1 amide bonds. The van der Waals surface area contributed by atoms with Crippen molar-refractivity contribution >= 4 is 24.0 Å². The highest BCUT2D eigenvalue weighted by Gasteiger charge is 2.33. The van der Waals surface area contributed by atoms with Crippen molar-refractivity contribution in [2.75, 3.05) is 5.73 Å². The molecule has 22 heavy (non-hydrogen) atoms. The number of benzene rings is 1. The van der Waals surface area contributed by atoms with Crippen LogP contribution in [0.25, 0.3) is 0 Å². The Morgan fingerprint density at radius 1 is 1.23 bits per heavy atom. The van der Waals surface area contributed by atoms with Gasteiger partial charge in [-0.05, 0) is 36.5 Å². The summed E-state index contributed by atoms with van der Waals surface area (Å²) in [5.74, 6) is 0.573. The Bertz CT molecular complexity index is 612. The van der Waals surface area contributed by atoms with Gasteiger partial charge in [0.15, 0.2) is 0 Å². The molecule has 0 saturated heterocycles. The number of hydrogen-bond acceptors (Lipinski definition) is 3. The topological polar surface area (TPSA) is 68.0 Å². The fraction of sp³-hybridized carbons (Fsp3) is 0.294. The van der Waals surface area contributed by atoms with Gasteiger partial charge in [-0.1, -0.05) is 30.3 Å². The van der Waals surface area contributed by atoms with Crippen LogP contribution in [0.4, 0.5) is 5.69 Å². The Morgan fingerprint density at radius 2 is 1.95 bits per heavy atom. The first-order chi connectivity index (χ1) is 10.2. The number of aromatic nitrogens is 1. The summed E-state index contributed by atoms with van der Waals surface area (Å²) in [5.41, 5.74) is 8.13. The van der Waals surface area contributed by atoms with Gasteiger partial charge in [-0.2, -0.15) is 0 Å². The standard InChI is InChI=1S/C17H19N3O.ClH/c18-14-8-9-15(19-11-14)10-16(21)20-17(13-6-7-13)12-4-2-1-3-5-12;/h1-5,8-9,11,13,17H,6-7,10,18H2,(H,20,21);1H. The summed E-state index contributed by atoms with van der Waals surface area (Å²) in [4.78, 5) is 16.4. The molecular weight excluding hydrogens is 298 g/mol. The molecule has 3 rings (SSSR count). The number of anilines is 1. The molecule has 2 aromatic rings. The van der Waals surface area contributed by atoms with E-state index in [4.69, 9.17) is 5.73 Å². The molecular formula is C17H20ClN3O. The molecule has 1 aliphatic carbocycles. The van der Waals surface area contributed by atoms with Crippen LogP contribution in [-0.4, -0.2) is 10.9 Å². The number of nitrogens with two attached hydrogens (primary N) is 1. The van der Waals surface area contributed by atoms with Crippen molar-refractivity contribution in [3.63, 3.8) is 0 Å². The smallest absolute Gasteiger partial charge is 0.226 e. The SMILES string of the molecule is Cl.Nc1ccc(CC(=O)NC(c2ccccc2)C2CC2)nc1. The van der Waals surface area contributed by atoms with Crippen molar-refractivity contribution in [3.8, 4) is 0 Å². The van der Waals surface area contributed by atoms with Crippen LogP contribution in [-0.2, 0) is 11.2 Å². The van der Waals surface area contributed by atoms with Gasteiger partial charge >= 0.3 is 0 Å². The zero-order valence-electron chi connectivity index (χ0n) is 12.2. The number of pyridine rings is 1. The van der Waals surface area contributed by atoms with Gasteiger partial charge < -0.3 is 11.1 Å². The maximum Gasteiger partial charge on any atom is 0.226 e. The summed E-state index contributed by atoms with van der Waals surface area (Å²) in [7, 11) is 0. The predicted octanol–water partition coefficient (Wildman–Crippen LogP) is 2.90. The third-order valence-electron chi connectivity index (χ3n) is 3.76. The largest absolute Gasteiger partial charge is 0.397 e. The van der Waals surface area contributed by atoms with Gasteiger partial charge in [0.1, 0.15) is 0 Å². The lowest BCUT2D eigenvalue weighted by Gasteiger charge is -2.18. The van der Waals surface area contributed by atoms with E-state index in [1.54, 1.807) is 18.3 Å². The molecule has 0 spiro atoms. The molecule has 0 radical (unpaired) electrons. The fourth-order valence-corrected chi connectivity index (χ4v) is 2.49.